The second kappa shape index (κ2) is 11.0. The summed E-state index contributed by atoms with van der Waals surface area (Å²) >= 11 is 0. The lowest BCUT2D eigenvalue weighted by molar-refractivity contribution is -0.122. The Kier molecular flexibility index (Phi) is 7.73. The van der Waals surface area contributed by atoms with E-state index in [0.717, 1.165) is 17.9 Å². The molecule has 0 aromatic heterocycles. The van der Waals surface area contributed by atoms with Crippen LogP contribution in [0.5, 0.6) is 0 Å². The van der Waals surface area contributed by atoms with Gasteiger partial charge in [0.2, 0.25) is 10.0 Å². The molecule has 42 heavy (non-hydrogen) atoms. The van der Waals surface area contributed by atoms with E-state index >= 15 is 0 Å². The predicted octanol–water partition coefficient (Wildman–Crippen LogP) is 4.54. The number of amidine groups is 1. The molecule has 0 fully saturated rings. The van der Waals surface area contributed by atoms with E-state index in [2.05, 4.69) is 33.6 Å². The summed E-state index contributed by atoms with van der Waals surface area (Å²) in [7, 11) is -8.04. The molecule has 220 valence electrons. The Labute approximate surface area is 245 Å². The fourth-order valence-corrected chi connectivity index (χ4v) is 6.97. The molecule has 4 N–H and O–H groups in total. The lowest BCUT2D eigenvalue weighted by Crippen LogP contribution is -2.53. The first-order chi connectivity index (χ1) is 19.8. The van der Waals surface area contributed by atoms with E-state index in [-0.39, 0.29) is 39.4 Å². The van der Waals surface area contributed by atoms with Crippen molar-refractivity contribution in [1.82, 2.24) is 5.32 Å². The number of aliphatic hydroxyl groups is 1. The monoisotopic (exact) mass is 608 g/mol. The van der Waals surface area contributed by atoms with E-state index in [4.69, 9.17) is 0 Å². The molecule has 3 aromatic carbocycles. The number of anilines is 2. The number of hydrogen-bond donors (Lipinski definition) is 4. The Hall–Kier alpha value is -4.00. The molecule has 1 aliphatic carbocycles. The molecule has 0 bridgehead atoms. The quantitative estimate of drug-likeness (QED) is 0.276. The minimum absolute atomic E-state index is 0.0443. The van der Waals surface area contributed by atoms with Crippen LogP contribution in [0.25, 0.3) is 5.76 Å². The molecule has 0 saturated carbocycles. The van der Waals surface area contributed by atoms with Gasteiger partial charge in [0.25, 0.3) is 10.0 Å². The maximum Gasteiger partial charge on any atom is 0.286 e. The minimum atomic E-state index is -4.39. The molecule has 3 aromatic rings. The standard InChI is InChI=1S/C30H32N4O6S2/c1-19(2)15-16-30(31-18-20-9-5-4-6-10-20)23-12-8-7-11-22(23)27(35)26(28(30)36)29-32-24-14-13-21(33-41(3,37)38)17-25(24)42(39,40)34-29/h4-14,17,19,31,33,35H,15-16,18H2,1-3H3,(H,32,34)/t30-/m0/s1. The number of fused-ring (bicyclic) bond motifs is 2. The Morgan fingerprint density at radius 3 is 2.40 bits per heavy atom. The maximum absolute atomic E-state index is 14.6. The highest BCUT2D eigenvalue weighted by Gasteiger charge is 2.49. The molecule has 0 amide bonds. The summed E-state index contributed by atoms with van der Waals surface area (Å²) in [6, 6.07) is 20.6. The van der Waals surface area contributed by atoms with Crippen LogP contribution in [0.15, 0.2) is 87.7 Å². The number of aliphatic hydroxyl groups excluding tert-OH is 1. The summed E-state index contributed by atoms with van der Waals surface area (Å²) in [5.41, 5.74) is 0.566. The first-order valence-electron chi connectivity index (χ1n) is 13.4. The van der Waals surface area contributed by atoms with Crippen LogP contribution in [0, 0.1) is 5.92 Å². The summed E-state index contributed by atoms with van der Waals surface area (Å²) in [5.74, 6) is -0.928. The SMILES string of the molecule is CC(C)CC[C@@]1(NCc2ccccc2)C(=O)C(C2=NS(=O)(=O)c3cc(NS(C)(=O)=O)ccc3N2)=C(O)c2ccccc21. The van der Waals surface area contributed by atoms with Gasteiger partial charge in [0.05, 0.1) is 11.9 Å². The lowest BCUT2D eigenvalue weighted by Gasteiger charge is -2.40. The van der Waals surface area contributed by atoms with Gasteiger partial charge < -0.3 is 10.4 Å². The van der Waals surface area contributed by atoms with Crippen molar-refractivity contribution in [1.29, 1.82) is 0 Å². The molecule has 0 unspecified atom stereocenters. The molecule has 1 atom stereocenters. The van der Waals surface area contributed by atoms with Gasteiger partial charge in [0.1, 0.15) is 21.8 Å². The van der Waals surface area contributed by atoms with Crippen LogP contribution in [0.2, 0.25) is 0 Å². The number of carbonyl (C=O) groups is 1. The van der Waals surface area contributed by atoms with Crippen molar-refractivity contribution in [2.75, 3.05) is 16.3 Å². The first-order valence-corrected chi connectivity index (χ1v) is 16.7. The van der Waals surface area contributed by atoms with Gasteiger partial charge in [-0.3, -0.25) is 14.8 Å². The maximum atomic E-state index is 14.6. The number of Topliss-reactive ketones (excluding diaryl/α,β-unsaturated/α-hetero) is 1. The number of nitrogens with zero attached hydrogens (tertiary/aromatic N) is 1. The van der Waals surface area contributed by atoms with Crippen molar-refractivity contribution in [3.8, 4) is 0 Å². The van der Waals surface area contributed by atoms with Gasteiger partial charge in [-0.1, -0.05) is 68.4 Å². The van der Waals surface area contributed by atoms with E-state index in [0.29, 0.717) is 30.5 Å². The van der Waals surface area contributed by atoms with E-state index in [1.807, 2.05) is 30.3 Å². The number of ketones is 1. The summed E-state index contributed by atoms with van der Waals surface area (Å²) < 4.78 is 56.2. The lowest BCUT2D eigenvalue weighted by atomic mass is 9.71. The summed E-state index contributed by atoms with van der Waals surface area (Å²) in [6.07, 6.45) is 2.02. The summed E-state index contributed by atoms with van der Waals surface area (Å²) in [6.45, 7) is 4.47. The fourth-order valence-electron chi connectivity index (χ4n) is 5.27. The van der Waals surface area contributed by atoms with Crippen LogP contribution in [0.4, 0.5) is 11.4 Å². The van der Waals surface area contributed by atoms with Crippen LogP contribution < -0.4 is 15.4 Å². The van der Waals surface area contributed by atoms with Crippen molar-refractivity contribution >= 4 is 48.8 Å². The zero-order chi connectivity index (χ0) is 30.3. The Balaban J connectivity index is 1.63. The highest BCUT2D eigenvalue weighted by Crippen LogP contribution is 2.43. The van der Waals surface area contributed by atoms with Gasteiger partial charge in [-0.2, -0.15) is 8.42 Å². The van der Waals surface area contributed by atoms with Gasteiger partial charge in [-0.25, -0.2) is 8.42 Å². The molecule has 10 nitrogen and oxygen atoms in total. The van der Waals surface area contributed by atoms with E-state index in [1.165, 1.54) is 12.1 Å². The first kappa shape index (κ1) is 29.5. The van der Waals surface area contributed by atoms with Gasteiger partial charge in [-0.15, -0.1) is 4.40 Å². The molecular weight excluding hydrogens is 576 g/mol. The molecule has 2 aliphatic rings. The van der Waals surface area contributed by atoms with Crippen molar-refractivity contribution in [3.63, 3.8) is 0 Å². The highest BCUT2D eigenvalue weighted by atomic mass is 32.2. The zero-order valence-electron chi connectivity index (χ0n) is 23.4. The van der Waals surface area contributed by atoms with Gasteiger partial charge in [-0.05, 0) is 48.1 Å². The Bertz CT molecular complexity index is 1830. The fraction of sp³-hybridized carbons (Fsp3) is 0.267. The number of carbonyl (C=O) groups excluding carboxylic acids is 1. The summed E-state index contributed by atoms with van der Waals surface area (Å²) in [5, 5.41) is 17.9. The molecule has 12 heteroatoms. The molecule has 1 aliphatic heterocycles. The van der Waals surface area contributed by atoms with E-state index in [1.54, 1.807) is 24.3 Å². The second-order valence-corrected chi connectivity index (χ2v) is 14.2. The average Bonchev–Trinajstić information content (AvgIpc) is 2.93. The van der Waals surface area contributed by atoms with E-state index in [9.17, 15) is 26.7 Å². The predicted molar refractivity (Wildman–Crippen MR) is 163 cm³/mol. The third kappa shape index (κ3) is 5.69. The molecule has 0 saturated heterocycles. The van der Waals surface area contributed by atoms with Gasteiger partial charge in [0.15, 0.2) is 11.6 Å². The Morgan fingerprint density at radius 2 is 1.71 bits per heavy atom. The van der Waals surface area contributed by atoms with Crippen LogP contribution in [-0.4, -0.2) is 39.8 Å². The highest BCUT2D eigenvalue weighted by molar-refractivity contribution is 7.92. The van der Waals surface area contributed by atoms with Crippen molar-refractivity contribution < 1.29 is 26.7 Å². The number of nitrogens with one attached hydrogen (secondary N) is 3. The molecule has 5 rings (SSSR count). The van der Waals surface area contributed by atoms with Crippen molar-refractivity contribution in [3.05, 3.63) is 95.1 Å². The number of benzene rings is 3. The van der Waals surface area contributed by atoms with Gasteiger partial charge >= 0.3 is 0 Å². The number of hydrogen-bond acceptors (Lipinski definition) is 8. The second-order valence-electron chi connectivity index (χ2n) is 10.9. The van der Waals surface area contributed by atoms with Crippen LogP contribution in [-0.2, 0) is 36.9 Å². The van der Waals surface area contributed by atoms with Crippen LogP contribution >= 0.6 is 0 Å². The topological polar surface area (TPSA) is 154 Å². The molecule has 0 spiro atoms. The Morgan fingerprint density at radius 1 is 1.02 bits per heavy atom. The third-order valence-electron chi connectivity index (χ3n) is 7.29. The van der Waals surface area contributed by atoms with E-state index < -0.39 is 31.4 Å². The van der Waals surface area contributed by atoms with Crippen molar-refractivity contribution in [2.24, 2.45) is 10.3 Å². The summed E-state index contributed by atoms with van der Waals surface area (Å²) in [4.78, 5) is 14.3. The minimum Gasteiger partial charge on any atom is -0.506 e. The normalized spacial score (nSPS) is 19.5. The smallest absolute Gasteiger partial charge is 0.286 e. The zero-order valence-corrected chi connectivity index (χ0v) is 25.0. The number of sulfonamides is 2. The largest absolute Gasteiger partial charge is 0.506 e. The number of rotatable bonds is 9. The third-order valence-corrected chi connectivity index (χ3v) is 9.21. The van der Waals surface area contributed by atoms with Gasteiger partial charge in [0, 0.05) is 17.8 Å². The van der Waals surface area contributed by atoms with Crippen LogP contribution in [0.1, 0.15) is 43.4 Å². The molecule has 1 heterocycles. The van der Waals surface area contributed by atoms with Crippen LogP contribution in [0.3, 0.4) is 0 Å². The molecule has 0 radical (unpaired) electrons. The molecular formula is C30H32N4O6S2. The average molecular weight is 609 g/mol. The van der Waals surface area contributed by atoms with Crippen molar-refractivity contribution in [2.45, 2.75) is 43.7 Å².